The Kier molecular flexibility index (Phi) is 9.03. The molecule has 192 valence electrons. The lowest BCUT2D eigenvalue weighted by Gasteiger charge is -2.17. The van der Waals surface area contributed by atoms with Gasteiger partial charge < -0.3 is 19.7 Å². The lowest BCUT2D eigenvalue weighted by Crippen LogP contribution is -2.12. The predicted octanol–water partition coefficient (Wildman–Crippen LogP) is 6.82. The van der Waals surface area contributed by atoms with Gasteiger partial charge >= 0.3 is 5.97 Å². The van der Waals surface area contributed by atoms with Crippen molar-refractivity contribution in [2.75, 3.05) is 35.6 Å². The van der Waals surface area contributed by atoms with Gasteiger partial charge in [-0.1, -0.05) is 36.4 Å². The molecule has 1 amide bonds. The Labute approximate surface area is 225 Å². The van der Waals surface area contributed by atoms with E-state index in [-0.39, 0.29) is 24.7 Å². The predicted molar refractivity (Wildman–Crippen MR) is 154 cm³/mol. The van der Waals surface area contributed by atoms with E-state index < -0.39 is 0 Å². The fourth-order valence-corrected chi connectivity index (χ4v) is 5.40. The molecule has 4 aromatic rings. The van der Waals surface area contributed by atoms with E-state index in [1.165, 1.54) is 27.8 Å². The van der Waals surface area contributed by atoms with Crippen molar-refractivity contribution in [1.29, 1.82) is 0 Å². The molecule has 0 aliphatic carbocycles. The van der Waals surface area contributed by atoms with Gasteiger partial charge in [0.1, 0.15) is 0 Å². The number of esters is 1. The van der Waals surface area contributed by atoms with Crippen molar-refractivity contribution in [1.82, 2.24) is 4.98 Å². The lowest BCUT2D eigenvalue weighted by atomic mass is 10.1. The van der Waals surface area contributed by atoms with Crippen LogP contribution in [0.15, 0.2) is 70.9 Å². The molecule has 0 saturated heterocycles. The van der Waals surface area contributed by atoms with Gasteiger partial charge in [0.25, 0.3) is 0 Å². The third-order valence-corrected chi connectivity index (χ3v) is 7.29. The molecular weight excluding hydrogens is 504 g/mol. The molecule has 0 aliphatic rings. The molecular formula is C28H30N4O3S2. The lowest BCUT2D eigenvalue weighted by molar-refractivity contribution is -0.143. The van der Waals surface area contributed by atoms with Crippen molar-refractivity contribution < 1.29 is 14.3 Å². The quantitative estimate of drug-likeness (QED) is 0.161. The first kappa shape index (κ1) is 26.5. The molecule has 0 fully saturated rings. The Morgan fingerprint density at radius 3 is 2.62 bits per heavy atom. The van der Waals surface area contributed by atoms with E-state index in [2.05, 4.69) is 70.4 Å². The van der Waals surface area contributed by atoms with Gasteiger partial charge in [-0.25, -0.2) is 4.98 Å². The van der Waals surface area contributed by atoms with Gasteiger partial charge in [0.05, 0.1) is 12.3 Å². The highest BCUT2D eigenvalue weighted by Gasteiger charge is 2.11. The number of ether oxygens (including phenoxy) is 1. The molecule has 1 aromatic heterocycles. The number of hydrogen-bond donors (Lipinski definition) is 2. The standard InChI is InChI=1S/C28H30N4O3S2/c1-4-35-27(34)16-8-15-26(33)30-28-29-23(18-36-28)19-9-5-10-20(17-19)31-37-25-14-7-11-21-22(25)12-6-13-24(21)32(2)3/h5-7,9-14,17-18,31H,4,8,15-16H2,1-3H3,(H,29,30,33). The summed E-state index contributed by atoms with van der Waals surface area (Å²) in [6, 6.07) is 20.7. The van der Waals surface area contributed by atoms with Gasteiger partial charge in [0.15, 0.2) is 5.13 Å². The van der Waals surface area contributed by atoms with E-state index in [0.717, 1.165) is 21.8 Å². The van der Waals surface area contributed by atoms with Gasteiger partial charge in [-0.2, -0.15) is 0 Å². The molecule has 7 nitrogen and oxygen atoms in total. The number of amides is 1. The largest absolute Gasteiger partial charge is 0.466 e. The van der Waals surface area contributed by atoms with E-state index >= 15 is 0 Å². The average molecular weight is 535 g/mol. The van der Waals surface area contributed by atoms with Crippen LogP contribution in [0, 0.1) is 0 Å². The Morgan fingerprint density at radius 2 is 1.81 bits per heavy atom. The Balaban J connectivity index is 1.38. The second-order valence-corrected chi connectivity index (χ2v) is 10.3. The van der Waals surface area contributed by atoms with Gasteiger partial charge in [-0.15, -0.1) is 11.3 Å². The molecule has 0 unspecified atom stereocenters. The zero-order valence-electron chi connectivity index (χ0n) is 21.1. The fourth-order valence-electron chi connectivity index (χ4n) is 3.87. The molecule has 3 aromatic carbocycles. The highest BCUT2D eigenvalue weighted by atomic mass is 32.2. The molecule has 0 atom stereocenters. The number of carbonyl (C=O) groups is 2. The molecule has 0 bridgehead atoms. The van der Waals surface area contributed by atoms with Crippen LogP contribution in [-0.4, -0.2) is 37.6 Å². The van der Waals surface area contributed by atoms with Crippen LogP contribution in [0.25, 0.3) is 22.0 Å². The average Bonchev–Trinajstić information content (AvgIpc) is 3.35. The van der Waals surface area contributed by atoms with Crippen molar-refractivity contribution in [3.8, 4) is 11.3 Å². The monoisotopic (exact) mass is 534 g/mol. The van der Waals surface area contributed by atoms with Crippen LogP contribution < -0.4 is 14.9 Å². The number of carbonyl (C=O) groups excluding carboxylic acids is 2. The molecule has 0 saturated carbocycles. The molecule has 0 radical (unpaired) electrons. The maximum Gasteiger partial charge on any atom is 0.305 e. The van der Waals surface area contributed by atoms with Gasteiger partial charge in [0, 0.05) is 59.5 Å². The first-order chi connectivity index (χ1) is 17.9. The van der Waals surface area contributed by atoms with Crippen molar-refractivity contribution in [3.05, 3.63) is 66.0 Å². The number of benzene rings is 3. The summed E-state index contributed by atoms with van der Waals surface area (Å²) in [4.78, 5) is 31.5. The molecule has 0 spiro atoms. The highest BCUT2D eigenvalue weighted by molar-refractivity contribution is 8.00. The molecule has 37 heavy (non-hydrogen) atoms. The van der Waals surface area contributed by atoms with Crippen molar-refractivity contribution in [2.45, 2.75) is 31.1 Å². The number of aromatic nitrogens is 1. The smallest absolute Gasteiger partial charge is 0.305 e. The summed E-state index contributed by atoms with van der Waals surface area (Å²) in [5, 5.41) is 7.70. The van der Waals surface area contributed by atoms with Crippen LogP contribution in [0.4, 0.5) is 16.5 Å². The third kappa shape index (κ3) is 7.02. The summed E-state index contributed by atoms with van der Waals surface area (Å²) in [7, 11) is 4.11. The van der Waals surface area contributed by atoms with Crippen molar-refractivity contribution in [3.63, 3.8) is 0 Å². The van der Waals surface area contributed by atoms with Crippen LogP contribution in [0.5, 0.6) is 0 Å². The number of rotatable bonds is 11. The van der Waals surface area contributed by atoms with Crippen LogP contribution in [-0.2, 0) is 14.3 Å². The normalized spacial score (nSPS) is 10.8. The fraction of sp³-hybridized carbons (Fsp3) is 0.250. The van der Waals surface area contributed by atoms with Crippen molar-refractivity contribution in [2.24, 2.45) is 0 Å². The first-order valence-corrected chi connectivity index (χ1v) is 13.8. The van der Waals surface area contributed by atoms with Crippen LogP contribution >= 0.6 is 23.3 Å². The first-order valence-electron chi connectivity index (χ1n) is 12.1. The zero-order valence-corrected chi connectivity index (χ0v) is 22.7. The number of anilines is 3. The highest BCUT2D eigenvalue weighted by Crippen LogP contribution is 2.34. The van der Waals surface area contributed by atoms with Crippen LogP contribution in [0.3, 0.4) is 0 Å². The molecule has 1 heterocycles. The summed E-state index contributed by atoms with van der Waals surface area (Å²) < 4.78 is 8.35. The Hall–Kier alpha value is -3.56. The van der Waals surface area contributed by atoms with Crippen LogP contribution in [0.2, 0.25) is 0 Å². The molecule has 9 heteroatoms. The van der Waals surface area contributed by atoms with E-state index in [1.54, 1.807) is 18.9 Å². The summed E-state index contributed by atoms with van der Waals surface area (Å²) in [6.45, 7) is 2.12. The maximum absolute atomic E-state index is 12.2. The number of thiazole rings is 1. The molecule has 0 aliphatic heterocycles. The minimum Gasteiger partial charge on any atom is -0.466 e. The van der Waals surface area contributed by atoms with Gasteiger partial charge in [0.2, 0.25) is 5.91 Å². The Bertz CT molecular complexity index is 1390. The third-order valence-electron chi connectivity index (χ3n) is 5.62. The van der Waals surface area contributed by atoms with Gasteiger partial charge in [-0.05, 0) is 54.9 Å². The summed E-state index contributed by atoms with van der Waals surface area (Å²) >= 11 is 2.95. The van der Waals surface area contributed by atoms with Crippen LogP contribution in [0.1, 0.15) is 26.2 Å². The number of nitrogens with zero attached hydrogens (tertiary/aromatic N) is 2. The zero-order chi connectivity index (χ0) is 26.2. The molecule has 2 N–H and O–H groups in total. The Morgan fingerprint density at radius 1 is 1.03 bits per heavy atom. The van der Waals surface area contributed by atoms with E-state index in [9.17, 15) is 9.59 Å². The second-order valence-electron chi connectivity index (χ2n) is 8.55. The maximum atomic E-state index is 12.2. The summed E-state index contributed by atoms with van der Waals surface area (Å²) in [6.07, 6.45) is 0.924. The van der Waals surface area contributed by atoms with Gasteiger partial charge in [-0.3, -0.25) is 9.59 Å². The SMILES string of the molecule is CCOC(=O)CCCC(=O)Nc1nc(-c2cccc(NSc3cccc4c(N(C)C)cccc34)c2)cs1. The minimum atomic E-state index is -0.280. The summed E-state index contributed by atoms with van der Waals surface area (Å²) in [5.41, 5.74) is 3.90. The van der Waals surface area contributed by atoms with E-state index in [1.807, 2.05) is 29.6 Å². The second kappa shape index (κ2) is 12.6. The van der Waals surface area contributed by atoms with E-state index in [0.29, 0.717) is 18.2 Å². The van der Waals surface area contributed by atoms with E-state index in [4.69, 9.17) is 4.74 Å². The topological polar surface area (TPSA) is 83.6 Å². The summed E-state index contributed by atoms with van der Waals surface area (Å²) in [5.74, 6) is -0.443. The number of hydrogen-bond acceptors (Lipinski definition) is 8. The number of fused-ring (bicyclic) bond motifs is 1. The minimum absolute atomic E-state index is 0.162. The number of nitrogens with one attached hydrogen (secondary N) is 2. The van der Waals surface area contributed by atoms with Crippen molar-refractivity contribution >= 4 is 62.4 Å². The molecule has 4 rings (SSSR count).